The van der Waals surface area contributed by atoms with Crippen LogP contribution in [0, 0.1) is 0 Å². The maximum atomic E-state index is 10.9. The molecule has 1 atom stereocenters. The number of rotatable bonds is 10. The van der Waals surface area contributed by atoms with E-state index >= 15 is 0 Å². The van der Waals surface area contributed by atoms with Gasteiger partial charge < -0.3 is 4.74 Å². The van der Waals surface area contributed by atoms with Gasteiger partial charge in [0.1, 0.15) is 6.10 Å². The van der Waals surface area contributed by atoms with Gasteiger partial charge in [0.2, 0.25) is 10.0 Å². The molecule has 0 aliphatic rings. The Balaban J connectivity index is 3.88. The second-order valence-electron chi connectivity index (χ2n) is 4.54. The van der Waals surface area contributed by atoms with Crippen LogP contribution in [-0.4, -0.2) is 33.3 Å². The molecule has 0 spiro atoms. The molecule has 0 aliphatic carbocycles. The van der Waals surface area contributed by atoms with Crippen LogP contribution in [-0.2, 0) is 19.6 Å². The molecule has 0 unspecified atom stereocenters. The summed E-state index contributed by atoms with van der Waals surface area (Å²) in [5.41, 5.74) is 0. The zero-order valence-electron chi connectivity index (χ0n) is 11.6. The summed E-state index contributed by atoms with van der Waals surface area (Å²) in [6, 6.07) is 0. The Bertz CT molecular complexity index is 327. The SMILES string of the molecule is CCCCC[C@H](CCCNS(C)(=O)=O)OC(C)=O. The summed E-state index contributed by atoms with van der Waals surface area (Å²) in [5.74, 6) is -0.271. The van der Waals surface area contributed by atoms with Gasteiger partial charge in [0.05, 0.1) is 6.26 Å². The van der Waals surface area contributed by atoms with Crippen molar-refractivity contribution in [2.75, 3.05) is 12.8 Å². The Labute approximate surface area is 110 Å². The normalized spacial score (nSPS) is 13.3. The first-order valence-electron chi connectivity index (χ1n) is 6.47. The van der Waals surface area contributed by atoms with E-state index in [2.05, 4.69) is 11.6 Å². The van der Waals surface area contributed by atoms with Crippen molar-refractivity contribution in [3.8, 4) is 0 Å². The Morgan fingerprint density at radius 2 is 1.83 bits per heavy atom. The van der Waals surface area contributed by atoms with Crippen molar-refractivity contribution in [1.29, 1.82) is 0 Å². The number of hydrogen-bond donors (Lipinski definition) is 1. The molecule has 0 rings (SSSR count). The molecule has 0 heterocycles. The van der Waals surface area contributed by atoms with Gasteiger partial charge in [0, 0.05) is 13.5 Å². The first-order chi connectivity index (χ1) is 8.35. The van der Waals surface area contributed by atoms with Crippen molar-refractivity contribution >= 4 is 16.0 Å². The van der Waals surface area contributed by atoms with Gasteiger partial charge in [0.25, 0.3) is 0 Å². The summed E-state index contributed by atoms with van der Waals surface area (Å²) in [6.07, 6.45) is 6.57. The Kier molecular flexibility index (Phi) is 9.01. The lowest BCUT2D eigenvalue weighted by atomic mass is 10.1. The lowest BCUT2D eigenvalue weighted by Gasteiger charge is -2.16. The number of hydrogen-bond acceptors (Lipinski definition) is 4. The average Bonchev–Trinajstić information content (AvgIpc) is 2.22. The van der Waals surface area contributed by atoms with Gasteiger partial charge in [-0.2, -0.15) is 0 Å². The highest BCUT2D eigenvalue weighted by Crippen LogP contribution is 2.12. The number of esters is 1. The number of carbonyl (C=O) groups excluding carboxylic acids is 1. The summed E-state index contributed by atoms with van der Waals surface area (Å²) in [6.45, 7) is 3.92. The highest BCUT2D eigenvalue weighted by Gasteiger charge is 2.11. The van der Waals surface area contributed by atoms with Crippen molar-refractivity contribution in [3.05, 3.63) is 0 Å². The highest BCUT2D eigenvalue weighted by atomic mass is 32.2. The second kappa shape index (κ2) is 9.33. The molecule has 0 amide bonds. The molecule has 0 aliphatic heterocycles. The summed E-state index contributed by atoms with van der Waals surface area (Å²) >= 11 is 0. The van der Waals surface area contributed by atoms with Gasteiger partial charge in [-0.1, -0.05) is 19.8 Å². The predicted octanol–water partition coefficient (Wildman–Crippen LogP) is 1.83. The smallest absolute Gasteiger partial charge is 0.302 e. The zero-order chi connectivity index (χ0) is 14.0. The Morgan fingerprint density at radius 1 is 1.22 bits per heavy atom. The largest absolute Gasteiger partial charge is 0.463 e. The molecular formula is C12H25NO4S. The molecular weight excluding hydrogens is 254 g/mol. The average molecular weight is 279 g/mol. The fourth-order valence-electron chi connectivity index (χ4n) is 1.71. The molecule has 0 bridgehead atoms. The molecule has 0 aromatic carbocycles. The van der Waals surface area contributed by atoms with Gasteiger partial charge in [-0.05, 0) is 25.7 Å². The van der Waals surface area contributed by atoms with Crippen LogP contribution < -0.4 is 4.72 Å². The number of ether oxygens (including phenoxy) is 1. The van der Waals surface area contributed by atoms with E-state index in [1.54, 1.807) is 0 Å². The number of sulfonamides is 1. The van der Waals surface area contributed by atoms with Gasteiger partial charge >= 0.3 is 5.97 Å². The summed E-state index contributed by atoms with van der Waals surface area (Å²) in [4.78, 5) is 10.9. The maximum absolute atomic E-state index is 10.9. The van der Waals surface area contributed by atoms with Gasteiger partial charge in [0.15, 0.2) is 0 Å². The van der Waals surface area contributed by atoms with Crippen molar-refractivity contribution in [3.63, 3.8) is 0 Å². The molecule has 0 aromatic rings. The molecule has 5 nitrogen and oxygen atoms in total. The summed E-state index contributed by atoms with van der Waals surface area (Å²) in [7, 11) is -3.12. The van der Waals surface area contributed by atoms with E-state index < -0.39 is 10.0 Å². The molecule has 0 aromatic heterocycles. The molecule has 1 N–H and O–H groups in total. The van der Waals surface area contributed by atoms with Crippen LogP contribution in [0.15, 0.2) is 0 Å². The molecule has 108 valence electrons. The van der Waals surface area contributed by atoms with Crippen LogP contribution in [0.3, 0.4) is 0 Å². The van der Waals surface area contributed by atoms with E-state index in [1.807, 2.05) is 0 Å². The van der Waals surface area contributed by atoms with Gasteiger partial charge in [-0.15, -0.1) is 0 Å². The Morgan fingerprint density at radius 3 is 2.33 bits per heavy atom. The first-order valence-corrected chi connectivity index (χ1v) is 8.36. The number of carbonyl (C=O) groups is 1. The second-order valence-corrected chi connectivity index (χ2v) is 6.37. The Hall–Kier alpha value is -0.620. The van der Waals surface area contributed by atoms with E-state index in [-0.39, 0.29) is 12.1 Å². The number of nitrogens with one attached hydrogen (secondary N) is 1. The molecule has 0 saturated carbocycles. The van der Waals surface area contributed by atoms with E-state index in [0.29, 0.717) is 19.4 Å². The van der Waals surface area contributed by atoms with E-state index in [0.717, 1.165) is 31.9 Å². The third kappa shape index (κ3) is 11.9. The van der Waals surface area contributed by atoms with Crippen molar-refractivity contribution in [1.82, 2.24) is 4.72 Å². The predicted molar refractivity (Wildman–Crippen MR) is 71.8 cm³/mol. The van der Waals surface area contributed by atoms with Crippen LogP contribution in [0.25, 0.3) is 0 Å². The van der Waals surface area contributed by atoms with Crippen LogP contribution in [0.1, 0.15) is 52.4 Å². The van der Waals surface area contributed by atoms with Gasteiger partial charge in [-0.25, -0.2) is 13.1 Å². The third-order valence-corrected chi connectivity index (χ3v) is 3.26. The molecule has 0 radical (unpaired) electrons. The monoisotopic (exact) mass is 279 g/mol. The molecule has 0 saturated heterocycles. The quantitative estimate of drug-likeness (QED) is 0.489. The van der Waals surface area contributed by atoms with E-state index in [9.17, 15) is 13.2 Å². The minimum absolute atomic E-state index is 0.0876. The maximum Gasteiger partial charge on any atom is 0.302 e. The van der Waals surface area contributed by atoms with Gasteiger partial charge in [-0.3, -0.25) is 4.79 Å². The number of unbranched alkanes of at least 4 members (excludes halogenated alkanes) is 2. The minimum atomic E-state index is -3.12. The van der Waals surface area contributed by atoms with Crippen LogP contribution in [0.5, 0.6) is 0 Å². The van der Waals surface area contributed by atoms with E-state index in [4.69, 9.17) is 4.74 Å². The molecule has 0 fully saturated rings. The summed E-state index contributed by atoms with van der Waals surface area (Å²) < 4.78 is 29.4. The zero-order valence-corrected chi connectivity index (χ0v) is 12.4. The van der Waals surface area contributed by atoms with E-state index in [1.165, 1.54) is 6.92 Å². The minimum Gasteiger partial charge on any atom is -0.463 e. The van der Waals surface area contributed by atoms with Crippen molar-refractivity contribution in [2.24, 2.45) is 0 Å². The topological polar surface area (TPSA) is 72.5 Å². The van der Waals surface area contributed by atoms with Crippen molar-refractivity contribution < 1.29 is 17.9 Å². The lowest BCUT2D eigenvalue weighted by molar-refractivity contribution is -0.147. The summed E-state index contributed by atoms with van der Waals surface area (Å²) in [5, 5.41) is 0. The van der Waals surface area contributed by atoms with Crippen molar-refractivity contribution in [2.45, 2.75) is 58.5 Å². The van der Waals surface area contributed by atoms with Crippen LogP contribution in [0.2, 0.25) is 0 Å². The first kappa shape index (κ1) is 17.4. The molecule has 18 heavy (non-hydrogen) atoms. The fourth-order valence-corrected chi connectivity index (χ4v) is 2.22. The fraction of sp³-hybridized carbons (Fsp3) is 0.917. The standard InChI is InChI=1S/C12H25NO4S/c1-4-5-6-8-12(17-11(2)14)9-7-10-13-18(3,15)16/h12-13H,4-10H2,1-3H3/t12-/m1/s1. The third-order valence-electron chi connectivity index (χ3n) is 2.53. The van der Waals surface area contributed by atoms with Crippen LogP contribution >= 0.6 is 0 Å². The highest BCUT2D eigenvalue weighted by molar-refractivity contribution is 7.88. The van der Waals surface area contributed by atoms with Crippen LogP contribution in [0.4, 0.5) is 0 Å². The molecule has 6 heteroatoms. The lowest BCUT2D eigenvalue weighted by Crippen LogP contribution is -2.25.